The van der Waals surface area contributed by atoms with E-state index >= 15 is 0 Å². The van der Waals surface area contributed by atoms with Crippen LogP contribution in [0.3, 0.4) is 0 Å². The van der Waals surface area contributed by atoms with Crippen LogP contribution in [0, 0.1) is 4.43 Å². The average Bonchev–Trinajstić information content (AvgIpc) is 1.38. The third kappa shape index (κ3) is 8.91. The standard InChI is InChI=1S/C2H2IO2.Na/c3-1-2(4)5;/h1H,(H,4,5);/q-1;+1. The Balaban J connectivity index is 0. The minimum Gasteiger partial charge on any atom is -0.503 e. The monoisotopic (exact) mass is 208 g/mol. The number of hydrogen-bond donors (Lipinski definition) is 1. The summed E-state index contributed by atoms with van der Waals surface area (Å²) in [7, 11) is 0. The molecule has 4 heteroatoms. The van der Waals surface area contributed by atoms with E-state index in [0.717, 1.165) is 4.43 Å². The van der Waals surface area contributed by atoms with Gasteiger partial charge in [-0.3, -0.25) is 27.4 Å². The van der Waals surface area contributed by atoms with Crippen LogP contribution in [0.1, 0.15) is 0 Å². The zero-order chi connectivity index (χ0) is 4.28. The Bertz CT molecular complexity index is 46.8. The molecule has 0 aromatic rings. The van der Waals surface area contributed by atoms with Crippen LogP contribution in [-0.4, -0.2) is 11.1 Å². The van der Waals surface area contributed by atoms with E-state index in [1.807, 2.05) is 0 Å². The van der Waals surface area contributed by atoms with Gasteiger partial charge in [0.2, 0.25) is 0 Å². The molecule has 6 heavy (non-hydrogen) atoms. The molecule has 0 bridgehead atoms. The third-order valence-corrected chi connectivity index (χ3v) is 0.626. The van der Waals surface area contributed by atoms with Crippen LogP contribution >= 0.6 is 22.6 Å². The number of halogens is 1. The molecule has 0 amide bonds. The molecule has 0 aliphatic carbocycles. The predicted octanol–water partition coefficient (Wildman–Crippen LogP) is -2.33. The molecule has 0 unspecified atom stereocenters. The van der Waals surface area contributed by atoms with Gasteiger partial charge in [0.25, 0.3) is 0 Å². The molecule has 0 atom stereocenters. The fourth-order valence-corrected chi connectivity index (χ4v) is 0. The van der Waals surface area contributed by atoms with Crippen LogP contribution in [0.25, 0.3) is 0 Å². The van der Waals surface area contributed by atoms with E-state index < -0.39 is 5.97 Å². The van der Waals surface area contributed by atoms with E-state index in [-0.39, 0.29) is 29.6 Å². The molecule has 0 spiro atoms. The molecular formula is C2H2INaO2. The van der Waals surface area contributed by atoms with Gasteiger partial charge in [-0.05, 0) is 0 Å². The van der Waals surface area contributed by atoms with Gasteiger partial charge in [0.1, 0.15) is 0 Å². The fraction of sp³-hybridized carbons (Fsp3) is 0. The van der Waals surface area contributed by atoms with E-state index in [9.17, 15) is 4.79 Å². The number of hydrogen-bond acceptors (Lipinski definition) is 1. The molecule has 0 aliphatic heterocycles. The van der Waals surface area contributed by atoms with Gasteiger partial charge in [0.05, 0.1) is 0 Å². The summed E-state index contributed by atoms with van der Waals surface area (Å²) >= 11 is 1.65. The van der Waals surface area contributed by atoms with Gasteiger partial charge in [-0.2, -0.15) is 0 Å². The van der Waals surface area contributed by atoms with Crippen molar-refractivity contribution in [2.75, 3.05) is 0 Å². The number of rotatable bonds is 1. The smallest absolute Gasteiger partial charge is 0.503 e. The summed E-state index contributed by atoms with van der Waals surface area (Å²) in [5.74, 6) is -0.884. The molecule has 0 aromatic heterocycles. The molecule has 2 nitrogen and oxygen atoms in total. The van der Waals surface area contributed by atoms with E-state index in [2.05, 4.69) is 0 Å². The molecule has 0 fully saturated rings. The van der Waals surface area contributed by atoms with E-state index in [4.69, 9.17) is 5.11 Å². The van der Waals surface area contributed by atoms with Crippen LogP contribution in [0.15, 0.2) is 0 Å². The first-order chi connectivity index (χ1) is 2.27. The Morgan fingerprint density at radius 3 is 2.00 bits per heavy atom. The summed E-state index contributed by atoms with van der Waals surface area (Å²) < 4.78 is 1.05. The number of aliphatic carboxylic acids is 1. The maximum atomic E-state index is 9.30. The Morgan fingerprint density at radius 2 is 2.00 bits per heavy atom. The van der Waals surface area contributed by atoms with Crippen molar-refractivity contribution in [3.63, 3.8) is 0 Å². The molecule has 0 aromatic carbocycles. The average molecular weight is 208 g/mol. The minimum absolute atomic E-state index is 0. The minimum atomic E-state index is -0.884. The van der Waals surface area contributed by atoms with Crippen molar-refractivity contribution < 1.29 is 39.5 Å². The Hall–Kier alpha value is 1.07. The van der Waals surface area contributed by atoms with Gasteiger partial charge in [0, 0.05) is 0 Å². The quantitative estimate of drug-likeness (QED) is 0.298. The predicted molar refractivity (Wildman–Crippen MR) is 26.0 cm³/mol. The van der Waals surface area contributed by atoms with Gasteiger partial charge >= 0.3 is 29.6 Å². The van der Waals surface area contributed by atoms with Gasteiger partial charge in [0.15, 0.2) is 5.97 Å². The Kier molecular flexibility index (Phi) is 10.3. The molecule has 0 aliphatic rings. The van der Waals surface area contributed by atoms with Gasteiger partial charge in [-0.1, -0.05) is 0 Å². The summed E-state index contributed by atoms with van der Waals surface area (Å²) in [6, 6.07) is 0. The van der Waals surface area contributed by atoms with Crippen LogP contribution in [0.2, 0.25) is 0 Å². The largest absolute Gasteiger partial charge is 1.00 e. The first-order valence-corrected chi connectivity index (χ1v) is 2.18. The second-order valence-corrected chi connectivity index (χ2v) is 1.07. The molecular weight excluding hydrogens is 206 g/mol. The topological polar surface area (TPSA) is 37.3 Å². The van der Waals surface area contributed by atoms with Crippen LogP contribution in [-0.2, 0) is 4.79 Å². The van der Waals surface area contributed by atoms with E-state index in [1.54, 1.807) is 22.6 Å². The van der Waals surface area contributed by atoms with Crippen molar-refractivity contribution in [1.29, 1.82) is 0 Å². The second kappa shape index (κ2) is 6.07. The third-order valence-electron chi connectivity index (χ3n) is 0.0933. The van der Waals surface area contributed by atoms with Crippen LogP contribution in [0.5, 0.6) is 0 Å². The van der Waals surface area contributed by atoms with Crippen molar-refractivity contribution in [2.45, 2.75) is 0 Å². The number of carboxylic acids is 1. The zero-order valence-corrected chi connectivity index (χ0v) is 7.47. The van der Waals surface area contributed by atoms with E-state index in [1.165, 1.54) is 0 Å². The SMILES string of the molecule is O=C(O)[CH-]I.[Na+]. The maximum absolute atomic E-state index is 9.30. The van der Waals surface area contributed by atoms with Crippen molar-refractivity contribution in [1.82, 2.24) is 0 Å². The number of carbonyl (C=O) groups is 1. The summed E-state index contributed by atoms with van der Waals surface area (Å²) in [5, 5.41) is 7.66. The first-order valence-electron chi connectivity index (χ1n) is 0.935. The van der Waals surface area contributed by atoms with Crippen molar-refractivity contribution in [3.05, 3.63) is 4.43 Å². The fourth-order valence-electron chi connectivity index (χ4n) is 0. The first kappa shape index (κ1) is 10.1. The normalized spacial score (nSPS) is 5.50. The molecule has 0 saturated carbocycles. The van der Waals surface area contributed by atoms with Crippen LogP contribution < -0.4 is 29.6 Å². The summed E-state index contributed by atoms with van der Waals surface area (Å²) in [6.07, 6.45) is 0. The van der Waals surface area contributed by atoms with Crippen molar-refractivity contribution in [3.8, 4) is 0 Å². The van der Waals surface area contributed by atoms with Gasteiger partial charge < -0.3 is 5.11 Å². The molecule has 0 heterocycles. The maximum Gasteiger partial charge on any atom is 1.00 e. The summed E-state index contributed by atoms with van der Waals surface area (Å²) in [6.45, 7) is 0. The van der Waals surface area contributed by atoms with Crippen LogP contribution in [0.4, 0.5) is 0 Å². The van der Waals surface area contributed by atoms with Crippen molar-refractivity contribution in [2.24, 2.45) is 0 Å². The molecule has 0 rings (SSSR count). The second-order valence-electron chi connectivity index (χ2n) is 0.447. The number of carboxylic acid groups (broad SMARTS) is 1. The summed E-state index contributed by atoms with van der Waals surface area (Å²) in [4.78, 5) is 9.30. The van der Waals surface area contributed by atoms with Crippen molar-refractivity contribution >= 4 is 28.6 Å². The molecule has 1 N–H and O–H groups in total. The Morgan fingerprint density at radius 1 is 1.83 bits per heavy atom. The Labute approximate surface area is 71.7 Å². The summed E-state index contributed by atoms with van der Waals surface area (Å²) in [5.41, 5.74) is 0. The zero-order valence-electron chi connectivity index (χ0n) is 3.31. The molecule has 0 radical (unpaired) electrons. The van der Waals surface area contributed by atoms with Gasteiger partial charge in [-0.15, -0.1) is 0 Å². The molecule has 30 valence electrons. The van der Waals surface area contributed by atoms with E-state index in [0.29, 0.717) is 0 Å². The van der Waals surface area contributed by atoms with Gasteiger partial charge in [-0.25, -0.2) is 4.43 Å². The molecule has 0 saturated heterocycles.